The number of allylic oxidation sites excluding steroid dienone is 2. The van der Waals surface area contributed by atoms with Crippen molar-refractivity contribution in [1.29, 1.82) is 0 Å². The Balaban J connectivity index is 0.00000210. The Hall–Kier alpha value is -2.54. The number of nitrogens with zero attached hydrogens (tertiary/aromatic N) is 1. The van der Waals surface area contributed by atoms with E-state index >= 15 is 0 Å². The van der Waals surface area contributed by atoms with Gasteiger partial charge in [0.1, 0.15) is 17.3 Å². The van der Waals surface area contributed by atoms with Crippen LogP contribution in [-0.2, 0) is 30.4 Å². The number of anilines is 1. The van der Waals surface area contributed by atoms with Crippen LogP contribution in [0.4, 0.5) is 14.9 Å². The van der Waals surface area contributed by atoms with Gasteiger partial charge >= 0.3 is 6.03 Å². The van der Waals surface area contributed by atoms with Crippen molar-refractivity contribution in [3.05, 3.63) is 52.2 Å². The number of hydrogen-bond acceptors (Lipinski definition) is 4. The molecule has 0 bridgehead atoms. The number of carbonyl (C=O) groups is 1. The van der Waals surface area contributed by atoms with Crippen molar-refractivity contribution in [2.24, 2.45) is 11.8 Å². The molecule has 7 heteroatoms. The van der Waals surface area contributed by atoms with Crippen LogP contribution >= 0.6 is 0 Å². The molecule has 3 rings (SSSR count). The number of fused-ring (bicyclic) bond motifs is 2. The Morgan fingerprint density at radius 2 is 1.66 bits per heavy atom. The highest BCUT2D eigenvalue weighted by atomic mass is 19.1. The molecule has 0 spiro atoms. The topological polar surface area (TPSA) is 73.8 Å². The summed E-state index contributed by atoms with van der Waals surface area (Å²) in [6, 6.07) is -0.593. The average Bonchev–Trinajstić information content (AvgIpc) is 3.52. The van der Waals surface area contributed by atoms with E-state index < -0.39 is 6.03 Å². The first kappa shape index (κ1) is 28.7. The van der Waals surface area contributed by atoms with Crippen molar-refractivity contribution in [3.63, 3.8) is 0 Å². The van der Waals surface area contributed by atoms with Crippen LogP contribution in [0, 0.1) is 17.7 Å². The van der Waals surface area contributed by atoms with Gasteiger partial charge in [-0.1, -0.05) is 47.6 Å². The lowest BCUT2D eigenvalue weighted by atomic mass is 9.96. The molecule has 2 aliphatic carbocycles. The maximum atomic E-state index is 14.9. The third-order valence-corrected chi connectivity index (χ3v) is 6.88. The minimum Gasteiger partial charge on any atom is -0.496 e. The summed E-state index contributed by atoms with van der Waals surface area (Å²) in [6.07, 6.45) is 8.28. The first-order chi connectivity index (χ1) is 16.8. The zero-order valence-corrected chi connectivity index (χ0v) is 22.4. The van der Waals surface area contributed by atoms with Crippen molar-refractivity contribution in [1.82, 2.24) is 10.6 Å². The molecular formula is C28H44FN3O3. The van der Waals surface area contributed by atoms with Crippen molar-refractivity contribution in [2.75, 3.05) is 11.9 Å². The Kier molecular flexibility index (Phi) is 11.1. The molecule has 0 radical (unpaired) electrons. The second-order valence-electron chi connectivity index (χ2n) is 9.50. The SMILES string of the molecule is C=C/C(=C(\C)OCC(C)C[C@H](C)CC)N(O)NC(=O)Nc1c2c(c(F)c3c1CCC3)CCC2.CC. The van der Waals surface area contributed by atoms with E-state index in [1.165, 1.54) is 6.08 Å². The van der Waals surface area contributed by atoms with Crippen LogP contribution in [0.15, 0.2) is 24.1 Å². The maximum Gasteiger partial charge on any atom is 0.339 e. The van der Waals surface area contributed by atoms with E-state index in [1.807, 2.05) is 13.8 Å². The number of halogens is 1. The van der Waals surface area contributed by atoms with Gasteiger partial charge in [-0.05, 0) is 92.0 Å². The Morgan fingerprint density at radius 1 is 1.11 bits per heavy atom. The summed E-state index contributed by atoms with van der Waals surface area (Å²) >= 11 is 0. The van der Waals surface area contributed by atoms with Crippen LogP contribution in [0.1, 0.15) is 89.5 Å². The van der Waals surface area contributed by atoms with E-state index in [-0.39, 0.29) is 11.5 Å². The predicted molar refractivity (Wildman–Crippen MR) is 140 cm³/mol. The fourth-order valence-electron chi connectivity index (χ4n) is 4.98. The Labute approximate surface area is 210 Å². The molecule has 1 unspecified atom stereocenters. The zero-order valence-electron chi connectivity index (χ0n) is 22.4. The number of hydroxylamine groups is 1. The van der Waals surface area contributed by atoms with Crippen LogP contribution in [0.2, 0.25) is 0 Å². The summed E-state index contributed by atoms with van der Waals surface area (Å²) in [5.74, 6) is 1.37. The first-order valence-corrected chi connectivity index (χ1v) is 13.1. The maximum absolute atomic E-state index is 14.9. The van der Waals surface area contributed by atoms with Gasteiger partial charge in [-0.25, -0.2) is 14.6 Å². The highest BCUT2D eigenvalue weighted by molar-refractivity contribution is 5.92. The van der Waals surface area contributed by atoms with Crippen molar-refractivity contribution in [2.45, 2.75) is 92.9 Å². The van der Waals surface area contributed by atoms with Crippen molar-refractivity contribution >= 4 is 11.7 Å². The lowest BCUT2D eigenvalue weighted by Gasteiger charge is -2.23. The van der Waals surface area contributed by atoms with E-state index in [4.69, 9.17) is 4.74 Å². The molecule has 2 atom stereocenters. The third-order valence-electron chi connectivity index (χ3n) is 6.88. The van der Waals surface area contributed by atoms with E-state index in [0.29, 0.717) is 47.9 Å². The average molecular weight is 490 g/mol. The zero-order chi connectivity index (χ0) is 26.1. The number of carbonyl (C=O) groups excluding carboxylic acids is 1. The number of amides is 2. The molecule has 0 heterocycles. The number of rotatable bonds is 10. The summed E-state index contributed by atoms with van der Waals surface area (Å²) in [4.78, 5) is 12.8. The van der Waals surface area contributed by atoms with Gasteiger partial charge in [0.2, 0.25) is 0 Å². The molecule has 0 saturated heterocycles. The van der Waals surface area contributed by atoms with Crippen LogP contribution in [0.5, 0.6) is 0 Å². The molecule has 0 aliphatic heterocycles. The molecule has 0 saturated carbocycles. The normalized spacial score (nSPS) is 16.1. The van der Waals surface area contributed by atoms with Gasteiger partial charge in [-0.2, -0.15) is 5.17 Å². The number of urea groups is 1. The summed E-state index contributed by atoms with van der Waals surface area (Å²) in [7, 11) is 0. The van der Waals surface area contributed by atoms with Gasteiger partial charge in [-0.15, -0.1) is 0 Å². The highest BCUT2D eigenvalue weighted by Gasteiger charge is 2.30. The molecule has 2 amide bonds. The monoisotopic (exact) mass is 489 g/mol. The molecule has 3 N–H and O–H groups in total. The predicted octanol–water partition coefficient (Wildman–Crippen LogP) is 7.06. The van der Waals surface area contributed by atoms with Crippen LogP contribution in [0.3, 0.4) is 0 Å². The summed E-state index contributed by atoms with van der Waals surface area (Å²) in [5, 5.41) is 14.0. The standard InChI is InChI=1S/C26H38FN3O3.C2H6/c1-6-16(3)14-17(4)15-33-18(5)23(7-2)30(32)29-26(31)28-25-21-12-8-10-19(21)24(27)20-11-9-13-22(20)25;1-2/h7,16-17,32H,2,6,8-15H2,1,3-5H3,(H2,28,29,31);1-2H3/b23-18-;/t16-,17?;/m1./s1. The lowest BCUT2D eigenvalue weighted by Crippen LogP contribution is -2.42. The second kappa shape index (κ2) is 13.5. The smallest absolute Gasteiger partial charge is 0.339 e. The Bertz CT molecular complexity index is 894. The number of hydrazine groups is 1. The van der Waals surface area contributed by atoms with Crippen molar-refractivity contribution < 1.29 is 19.1 Å². The minimum atomic E-state index is -0.593. The number of benzene rings is 1. The van der Waals surface area contributed by atoms with E-state index in [1.54, 1.807) is 6.92 Å². The molecule has 0 fully saturated rings. The molecule has 196 valence electrons. The summed E-state index contributed by atoms with van der Waals surface area (Å²) < 4.78 is 20.7. The number of ether oxygens (including phenoxy) is 1. The number of hydrogen-bond donors (Lipinski definition) is 3. The molecular weight excluding hydrogens is 445 g/mol. The quantitative estimate of drug-likeness (QED) is 0.187. The molecule has 35 heavy (non-hydrogen) atoms. The van der Waals surface area contributed by atoms with E-state index in [2.05, 4.69) is 38.1 Å². The third kappa shape index (κ3) is 7.00. The van der Waals surface area contributed by atoms with Gasteiger partial charge in [0.25, 0.3) is 0 Å². The first-order valence-electron chi connectivity index (χ1n) is 13.1. The summed E-state index contributed by atoms with van der Waals surface area (Å²) in [5.41, 5.74) is 6.63. The molecule has 0 aromatic heterocycles. The number of nitrogens with one attached hydrogen (secondary N) is 2. The molecule has 1 aromatic carbocycles. The lowest BCUT2D eigenvalue weighted by molar-refractivity contribution is -0.0875. The fourth-order valence-corrected chi connectivity index (χ4v) is 4.98. The largest absolute Gasteiger partial charge is 0.496 e. The fraction of sp³-hybridized carbons (Fsp3) is 0.607. The minimum absolute atomic E-state index is 0.0862. The van der Waals surface area contributed by atoms with E-state index in [9.17, 15) is 14.4 Å². The van der Waals surface area contributed by atoms with Crippen LogP contribution in [-0.4, -0.2) is 23.0 Å². The Morgan fingerprint density at radius 3 is 2.17 bits per heavy atom. The van der Waals surface area contributed by atoms with Crippen LogP contribution in [0.25, 0.3) is 0 Å². The second-order valence-corrected chi connectivity index (χ2v) is 9.50. The van der Waals surface area contributed by atoms with E-state index in [0.717, 1.165) is 60.8 Å². The molecule has 1 aromatic rings. The van der Waals surface area contributed by atoms with Gasteiger partial charge in [0, 0.05) is 5.69 Å². The van der Waals surface area contributed by atoms with Gasteiger partial charge in [0.05, 0.1) is 6.61 Å². The van der Waals surface area contributed by atoms with Crippen LogP contribution < -0.4 is 10.7 Å². The molecule has 6 nitrogen and oxygen atoms in total. The molecule has 2 aliphatic rings. The van der Waals surface area contributed by atoms with Crippen molar-refractivity contribution in [3.8, 4) is 0 Å². The highest BCUT2D eigenvalue weighted by Crippen LogP contribution is 2.40. The van der Waals surface area contributed by atoms with Gasteiger partial charge < -0.3 is 10.1 Å². The van der Waals surface area contributed by atoms with Gasteiger partial charge in [-0.3, -0.25) is 5.21 Å². The van der Waals surface area contributed by atoms with Gasteiger partial charge in [0.15, 0.2) is 0 Å². The summed E-state index contributed by atoms with van der Waals surface area (Å²) in [6.45, 7) is 16.5.